The van der Waals surface area contributed by atoms with Crippen LogP contribution in [0.3, 0.4) is 0 Å². The number of benzene rings is 1. The molecule has 3 aromatic rings. The Balaban J connectivity index is 2.11. The molecular weight excluding hydrogens is 249 g/mol. The molecule has 2 aromatic heterocycles. The molecule has 2 heterocycles. The van der Waals surface area contributed by atoms with Crippen LogP contribution in [0.25, 0.3) is 17.0 Å². The first kappa shape index (κ1) is 11.3. The molecule has 0 atom stereocenters. The molecule has 19 heavy (non-hydrogen) atoms. The summed E-state index contributed by atoms with van der Waals surface area (Å²) in [6.45, 7) is 0. The fraction of sp³-hybridized carbons (Fsp3) is 0. The number of rotatable bonds is 2. The molecule has 0 saturated carbocycles. The van der Waals surface area contributed by atoms with Gasteiger partial charge in [-0.15, -0.1) is 5.10 Å². The van der Waals surface area contributed by atoms with Crippen molar-refractivity contribution in [3.63, 3.8) is 0 Å². The summed E-state index contributed by atoms with van der Waals surface area (Å²) in [6.07, 6.45) is 1.39. The van der Waals surface area contributed by atoms with Crippen LogP contribution in [-0.2, 0) is 0 Å². The van der Waals surface area contributed by atoms with Gasteiger partial charge in [-0.1, -0.05) is 0 Å². The fourth-order valence-electron chi connectivity index (χ4n) is 1.73. The van der Waals surface area contributed by atoms with E-state index in [0.29, 0.717) is 17.0 Å². The van der Waals surface area contributed by atoms with Crippen LogP contribution in [0.1, 0.15) is 10.4 Å². The van der Waals surface area contributed by atoms with Gasteiger partial charge in [-0.25, -0.2) is 18.7 Å². The maximum atomic E-state index is 12.8. The van der Waals surface area contributed by atoms with Gasteiger partial charge in [0.05, 0.1) is 5.56 Å². The van der Waals surface area contributed by atoms with Crippen LogP contribution in [0.5, 0.6) is 0 Å². The third-order valence-electron chi connectivity index (χ3n) is 2.68. The number of hydrogen-bond acceptors (Lipinski definition) is 3. The van der Waals surface area contributed by atoms with E-state index < -0.39 is 5.97 Å². The maximum Gasteiger partial charge on any atom is 0.337 e. The first-order valence-electron chi connectivity index (χ1n) is 5.49. The molecular formula is C13H8FN3O2. The van der Waals surface area contributed by atoms with Gasteiger partial charge in [-0.3, -0.25) is 0 Å². The van der Waals surface area contributed by atoms with E-state index in [1.807, 2.05) is 0 Å². The van der Waals surface area contributed by atoms with Crippen LogP contribution in [-0.4, -0.2) is 25.7 Å². The third kappa shape index (κ3) is 2.03. The monoisotopic (exact) mass is 257 g/mol. The Kier molecular flexibility index (Phi) is 2.49. The van der Waals surface area contributed by atoms with Crippen LogP contribution in [0.4, 0.5) is 4.39 Å². The molecule has 0 radical (unpaired) electrons. The Hall–Kier alpha value is -2.76. The van der Waals surface area contributed by atoms with Crippen molar-refractivity contribution >= 4 is 11.6 Å². The highest BCUT2D eigenvalue weighted by Gasteiger charge is 2.09. The number of carbonyl (C=O) groups is 1. The molecule has 1 N–H and O–H groups in total. The summed E-state index contributed by atoms with van der Waals surface area (Å²) >= 11 is 0. The lowest BCUT2D eigenvalue weighted by Crippen LogP contribution is -1.99. The van der Waals surface area contributed by atoms with Crippen molar-refractivity contribution < 1.29 is 14.3 Å². The predicted molar refractivity (Wildman–Crippen MR) is 65.3 cm³/mol. The molecule has 1 aromatic carbocycles. The van der Waals surface area contributed by atoms with Gasteiger partial charge in [0, 0.05) is 11.8 Å². The molecule has 94 valence electrons. The lowest BCUT2D eigenvalue weighted by Gasteiger charge is -1.94. The molecule has 0 aliphatic rings. The summed E-state index contributed by atoms with van der Waals surface area (Å²) in [6, 6.07) is 8.82. The SMILES string of the molecule is O=C(O)c1ccc2nc(-c3ccc(F)cc3)nn2c1. The number of hydrogen-bond donors (Lipinski definition) is 1. The highest BCUT2D eigenvalue weighted by atomic mass is 19.1. The van der Waals surface area contributed by atoms with Gasteiger partial charge in [0.15, 0.2) is 11.5 Å². The number of fused-ring (bicyclic) bond motifs is 1. The molecule has 0 spiro atoms. The first-order chi connectivity index (χ1) is 9.13. The summed E-state index contributed by atoms with van der Waals surface area (Å²) in [5.41, 5.74) is 1.33. The Morgan fingerprint density at radius 3 is 2.58 bits per heavy atom. The zero-order valence-electron chi connectivity index (χ0n) is 9.62. The number of pyridine rings is 1. The summed E-state index contributed by atoms with van der Waals surface area (Å²) < 4.78 is 14.2. The number of aromatic nitrogens is 3. The van der Waals surface area contributed by atoms with Crippen LogP contribution in [0.15, 0.2) is 42.6 Å². The first-order valence-corrected chi connectivity index (χ1v) is 5.49. The normalized spacial score (nSPS) is 10.8. The van der Waals surface area contributed by atoms with Crippen LogP contribution >= 0.6 is 0 Å². The van der Waals surface area contributed by atoms with E-state index in [4.69, 9.17) is 5.11 Å². The van der Waals surface area contributed by atoms with E-state index in [0.717, 1.165) is 0 Å². The molecule has 3 rings (SSSR count). The van der Waals surface area contributed by atoms with Crippen molar-refractivity contribution in [2.45, 2.75) is 0 Å². The Morgan fingerprint density at radius 1 is 1.16 bits per heavy atom. The maximum absolute atomic E-state index is 12.8. The number of carboxylic acids is 1. The molecule has 0 saturated heterocycles. The Morgan fingerprint density at radius 2 is 1.89 bits per heavy atom. The molecule has 0 aliphatic heterocycles. The summed E-state index contributed by atoms with van der Waals surface area (Å²) in [7, 11) is 0. The summed E-state index contributed by atoms with van der Waals surface area (Å²) in [4.78, 5) is 15.1. The predicted octanol–water partition coefficient (Wildman–Crippen LogP) is 2.23. The smallest absolute Gasteiger partial charge is 0.337 e. The van der Waals surface area contributed by atoms with Crippen LogP contribution in [0.2, 0.25) is 0 Å². The van der Waals surface area contributed by atoms with Gasteiger partial charge in [0.2, 0.25) is 0 Å². The van der Waals surface area contributed by atoms with Gasteiger partial charge in [-0.2, -0.15) is 0 Å². The quantitative estimate of drug-likeness (QED) is 0.764. The Bertz CT molecular complexity index is 765. The number of nitrogens with zero attached hydrogens (tertiary/aromatic N) is 3. The van der Waals surface area contributed by atoms with Crippen molar-refractivity contribution in [1.82, 2.24) is 14.6 Å². The number of halogens is 1. The van der Waals surface area contributed by atoms with E-state index in [1.54, 1.807) is 18.2 Å². The summed E-state index contributed by atoms with van der Waals surface area (Å²) in [5, 5.41) is 13.1. The molecule has 0 fully saturated rings. The molecule has 0 unspecified atom stereocenters. The van der Waals surface area contributed by atoms with Crippen molar-refractivity contribution in [1.29, 1.82) is 0 Å². The van der Waals surface area contributed by atoms with Gasteiger partial charge >= 0.3 is 5.97 Å². The highest BCUT2D eigenvalue weighted by Crippen LogP contribution is 2.17. The molecule has 0 amide bonds. The van der Waals surface area contributed by atoms with E-state index in [-0.39, 0.29) is 11.4 Å². The van der Waals surface area contributed by atoms with Crippen molar-refractivity contribution in [3.05, 3.63) is 54.0 Å². The van der Waals surface area contributed by atoms with E-state index in [9.17, 15) is 9.18 Å². The molecule has 6 heteroatoms. The molecule has 0 bridgehead atoms. The molecule has 0 aliphatic carbocycles. The number of aromatic carboxylic acids is 1. The minimum Gasteiger partial charge on any atom is -0.478 e. The molecule has 5 nitrogen and oxygen atoms in total. The topological polar surface area (TPSA) is 67.5 Å². The number of carboxylic acid groups (broad SMARTS) is 1. The lowest BCUT2D eigenvalue weighted by molar-refractivity contribution is 0.0696. The fourth-order valence-corrected chi connectivity index (χ4v) is 1.73. The van der Waals surface area contributed by atoms with E-state index in [2.05, 4.69) is 10.1 Å². The van der Waals surface area contributed by atoms with E-state index >= 15 is 0 Å². The second-order valence-electron chi connectivity index (χ2n) is 3.97. The zero-order chi connectivity index (χ0) is 13.4. The standard InChI is InChI=1S/C13H8FN3O2/c14-10-4-1-8(2-5-10)12-15-11-6-3-9(13(18)19)7-17(11)16-12/h1-7H,(H,18,19). The summed E-state index contributed by atoms with van der Waals surface area (Å²) in [5.74, 6) is -0.941. The average Bonchev–Trinajstić information content (AvgIpc) is 2.82. The minimum atomic E-state index is -1.03. The van der Waals surface area contributed by atoms with Gasteiger partial charge in [0.1, 0.15) is 5.82 Å². The average molecular weight is 257 g/mol. The second-order valence-corrected chi connectivity index (χ2v) is 3.97. The van der Waals surface area contributed by atoms with Crippen LogP contribution in [0, 0.1) is 5.82 Å². The lowest BCUT2D eigenvalue weighted by atomic mass is 10.2. The van der Waals surface area contributed by atoms with E-state index in [1.165, 1.54) is 28.9 Å². The van der Waals surface area contributed by atoms with Gasteiger partial charge in [0.25, 0.3) is 0 Å². The minimum absolute atomic E-state index is 0.128. The van der Waals surface area contributed by atoms with Gasteiger partial charge < -0.3 is 5.11 Å². The van der Waals surface area contributed by atoms with Crippen molar-refractivity contribution in [3.8, 4) is 11.4 Å². The Labute approximate surface area is 107 Å². The van der Waals surface area contributed by atoms with Crippen LogP contribution < -0.4 is 0 Å². The van der Waals surface area contributed by atoms with Crippen molar-refractivity contribution in [2.24, 2.45) is 0 Å². The zero-order valence-corrected chi connectivity index (χ0v) is 9.62. The van der Waals surface area contributed by atoms with Gasteiger partial charge in [-0.05, 0) is 36.4 Å². The highest BCUT2D eigenvalue weighted by molar-refractivity contribution is 5.87. The van der Waals surface area contributed by atoms with Crippen molar-refractivity contribution in [2.75, 3.05) is 0 Å². The largest absolute Gasteiger partial charge is 0.478 e. The third-order valence-corrected chi connectivity index (χ3v) is 2.68. The second kappa shape index (κ2) is 4.16.